The number of rotatable bonds is 2. The molecule has 0 saturated heterocycles. The molecular formula is C12H8BrFS. The molecule has 0 radical (unpaired) electrons. The average Bonchev–Trinajstić information content (AvgIpc) is 2.25. The number of hydrogen-bond donors (Lipinski definition) is 0. The van der Waals surface area contributed by atoms with Gasteiger partial charge in [-0.15, -0.1) is 0 Å². The molecular weight excluding hydrogens is 275 g/mol. The predicted molar refractivity (Wildman–Crippen MR) is 64.7 cm³/mol. The van der Waals surface area contributed by atoms with Crippen LogP contribution >= 0.6 is 27.7 Å². The lowest BCUT2D eigenvalue weighted by atomic mass is 10.3. The van der Waals surface area contributed by atoms with Gasteiger partial charge in [-0.1, -0.05) is 27.7 Å². The third-order valence-corrected chi connectivity index (χ3v) is 3.41. The van der Waals surface area contributed by atoms with Crippen molar-refractivity contribution in [3.63, 3.8) is 0 Å². The summed E-state index contributed by atoms with van der Waals surface area (Å²) in [5, 5.41) is 0. The molecule has 0 saturated carbocycles. The predicted octanol–water partition coefficient (Wildman–Crippen LogP) is 4.74. The molecule has 0 aliphatic heterocycles. The molecule has 0 aliphatic rings. The molecule has 3 heteroatoms. The van der Waals surface area contributed by atoms with Crippen molar-refractivity contribution in [3.05, 3.63) is 58.8 Å². The second kappa shape index (κ2) is 4.81. The Morgan fingerprint density at radius 3 is 1.80 bits per heavy atom. The van der Waals surface area contributed by atoms with Crippen LogP contribution in [0.3, 0.4) is 0 Å². The number of hydrogen-bond acceptors (Lipinski definition) is 1. The molecule has 0 aliphatic carbocycles. The Bertz CT molecular complexity index is 393. The van der Waals surface area contributed by atoms with E-state index in [9.17, 15) is 4.39 Å². The van der Waals surface area contributed by atoms with Gasteiger partial charge in [0.1, 0.15) is 5.82 Å². The number of halogens is 2. The van der Waals surface area contributed by atoms with Gasteiger partial charge in [0, 0.05) is 14.3 Å². The summed E-state index contributed by atoms with van der Waals surface area (Å²) in [5.74, 6) is -0.199. The Hall–Kier alpha value is -0.800. The van der Waals surface area contributed by atoms with Gasteiger partial charge in [0.2, 0.25) is 0 Å². The fourth-order valence-electron chi connectivity index (χ4n) is 1.14. The summed E-state index contributed by atoms with van der Waals surface area (Å²) in [6.07, 6.45) is 0. The highest BCUT2D eigenvalue weighted by molar-refractivity contribution is 9.10. The first-order chi connectivity index (χ1) is 7.24. The summed E-state index contributed by atoms with van der Waals surface area (Å²) in [4.78, 5) is 2.18. The molecule has 0 spiro atoms. The lowest BCUT2D eigenvalue weighted by molar-refractivity contribution is 0.626. The molecule has 0 amide bonds. The number of benzene rings is 2. The first kappa shape index (κ1) is 10.7. The summed E-state index contributed by atoms with van der Waals surface area (Å²) in [5.41, 5.74) is 0. The van der Waals surface area contributed by atoms with Crippen LogP contribution in [0.5, 0.6) is 0 Å². The molecule has 0 fully saturated rings. The lowest BCUT2D eigenvalue weighted by Crippen LogP contribution is -1.75. The van der Waals surface area contributed by atoms with Gasteiger partial charge in [-0.25, -0.2) is 4.39 Å². The van der Waals surface area contributed by atoms with Gasteiger partial charge in [0.05, 0.1) is 0 Å². The summed E-state index contributed by atoms with van der Waals surface area (Å²) >= 11 is 5.00. The zero-order chi connectivity index (χ0) is 10.7. The van der Waals surface area contributed by atoms with E-state index in [1.54, 1.807) is 23.9 Å². The van der Waals surface area contributed by atoms with E-state index in [1.165, 1.54) is 12.1 Å². The molecule has 0 bridgehead atoms. The van der Waals surface area contributed by atoms with Gasteiger partial charge in [-0.05, 0) is 48.5 Å². The van der Waals surface area contributed by atoms with Gasteiger partial charge >= 0.3 is 0 Å². The van der Waals surface area contributed by atoms with Crippen LogP contribution in [0.2, 0.25) is 0 Å². The Kier molecular flexibility index (Phi) is 3.44. The summed E-state index contributed by atoms with van der Waals surface area (Å²) in [6, 6.07) is 14.5. The fourth-order valence-corrected chi connectivity index (χ4v) is 2.22. The van der Waals surface area contributed by atoms with Crippen molar-refractivity contribution in [3.8, 4) is 0 Å². The van der Waals surface area contributed by atoms with Crippen LogP contribution in [0.1, 0.15) is 0 Å². The maximum atomic E-state index is 12.7. The van der Waals surface area contributed by atoms with Gasteiger partial charge in [-0.2, -0.15) is 0 Å². The first-order valence-electron chi connectivity index (χ1n) is 4.43. The van der Waals surface area contributed by atoms with Gasteiger partial charge < -0.3 is 0 Å². The maximum Gasteiger partial charge on any atom is 0.123 e. The molecule has 0 heterocycles. The molecule has 0 atom stereocenters. The molecule has 2 aromatic carbocycles. The van der Waals surface area contributed by atoms with Gasteiger partial charge in [0.15, 0.2) is 0 Å². The van der Waals surface area contributed by atoms with Crippen LogP contribution in [0, 0.1) is 5.82 Å². The molecule has 0 aromatic heterocycles. The van der Waals surface area contributed by atoms with Crippen molar-refractivity contribution in [2.75, 3.05) is 0 Å². The third kappa shape index (κ3) is 3.08. The van der Waals surface area contributed by atoms with Crippen LogP contribution in [-0.2, 0) is 0 Å². The quantitative estimate of drug-likeness (QED) is 0.767. The van der Waals surface area contributed by atoms with Gasteiger partial charge in [0.25, 0.3) is 0 Å². The fraction of sp³-hybridized carbons (Fsp3) is 0. The Labute approximate surface area is 101 Å². The molecule has 2 aromatic rings. The van der Waals surface area contributed by atoms with Crippen molar-refractivity contribution in [1.29, 1.82) is 0 Å². The van der Waals surface area contributed by atoms with E-state index >= 15 is 0 Å². The SMILES string of the molecule is Fc1ccc(Sc2ccc(Br)cc2)cc1. The van der Waals surface area contributed by atoms with E-state index < -0.39 is 0 Å². The minimum absolute atomic E-state index is 0.199. The maximum absolute atomic E-state index is 12.7. The minimum atomic E-state index is -0.199. The Morgan fingerprint density at radius 1 is 0.800 bits per heavy atom. The molecule has 0 N–H and O–H groups in total. The molecule has 0 nitrogen and oxygen atoms in total. The van der Waals surface area contributed by atoms with Crippen molar-refractivity contribution in [2.45, 2.75) is 9.79 Å². The van der Waals surface area contributed by atoms with Crippen LogP contribution in [0.25, 0.3) is 0 Å². The van der Waals surface area contributed by atoms with Crippen LogP contribution in [0.4, 0.5) is 4.39 Å². The summed E-state index contributed by atoms with van der Waals surface area (Å²) < 4.78 is 13.7. The first-order valence-corrected chi connectivity index (χ1v) is 6.04. The van der Waals surface area contributed by atoms with E-state index in [0.717, 1.165) is 14.3 Å². The van der Waals surface area contributed by atoms with E-state index in [4.69, 9.17) is 0 Å². The summed E-state index contributed by atoms with van der Waals surface area (Å²) in [6.45, 7) is 0. The van der Waals surface area contributed by atoms with Crippen LogP contribution < -0.4 is 0 Å². The molecule has 15 heavy (non-hydrogen) atoms. The normalized spacial score (nSPS) is 10.3. The largest absolute Gasteiger partial charge is 0.207 e. The second-order valence-corrected chi connectivity index (χ2v) is 5.07. The molecule has 0 unspecified atom stereocenters. The third-order valence-electron chi connectivity index (χ3n) is 1.86. The van der Waals surface area contributed by atoms with Crippen LogP contribution in [0.15, 0.2) is 62.8 Å². The smallest absolute Gasteiger partial charge is 0.123 e. The van der Waals surface area contributed by atoms with Crippen molar-refractivity contribution in [2.24, 2.45) is 0 Å². The topological polar surface area (TPSA) is 0 Å². The summed E-state index contributed by atoms with van der Waals surface area (Å²) in [7, 11) is 0. The van der Waals surface area contributed by atoms with Crippen molar-refractivity contribution < 1.29 is 4.39 Å². The second-order valence-electron chi connectivity index (χ2n) is 3.01. The Balaban J connectivity index is 2.15. The lowest BCUT2D eigenvalue weighted by Gasteiger charge is -2.01. The zero-order valence-electron chi connectivity index (χ0n) is 7.78. The molecule has 76 valence electrons. The van der Waals surface area contributed by atoms with Crippen molar-refractivity contribution >= 4 is 27.7 Å². The van der Waals surface area contributed by atoms with Gasteiger partial charge in [-0.3, -0.25) is 0 Å². The molecule has 2 rings (SSSR count). The highest BCUT2D eigenvalue weighted by Gasteiger charge is 1.97. The van der Waals surface area contributed by atoms with Crippen molar-refractivity contribution in [1.82, 2.24) is 0 Å². The standard InChI is InChI=1S/C12H8BrFS/c13-9-1-5-11(6-2-9)15-12-7-3-10(14)4-8-12/h1-8H. The average molecular weight is 283 g/mol. The van der Waals surface area contributed by atoms with E-state index in [2.05, 4.69) is 15.9 Å². The highest BCUT2D eigenvalue weighted by atomic mass is 79.9. The Morgan fingerprint density at radius 2 is 1.27 bits per heavy atom. The minimum Gasteiger partial charge on any atom is -0.207 e. The van der Waals surface area contributed by atoms with E-state index in [0.29, 0.717) is 0 Å². The highest BCUT2D eigenvalue weighted by Crippen LogP contribution is 2.28. The van der Waals surface area contributed by atoms with Crippen LogP contribution in [-0.4, -0.2) is 0 Å². The van der Waals surface area contributed by atoms with E-state index in [1.807, 2.05) is 24.3 Å². The zero-order valence-corrected chi connectivity index (χ0v) is 10.2. The monoisotopic (exact) mass is 282 g/mol. The van der Waals surface area contributed by atoms with E-state index in [-0.39, 0.29) is 5.82 Å².